The normalized spacial score (nSPS) is 33.5. The number of hydrogen-bond acceptors (Lipinski definition) is 3. The molecule has 2 fully saturated rings. The first kappa shape index (κ1) is 9.44. The molecule has 2 aliphatic heterocycles. The van der Waals surface area contributed by atoms with Crippen LogP contribution in [0.5, 0.6) is 0 Å². The zero-order valence-corrected chi connectivity index (χ0v) is 8.46. The zero-order valence-electron chi connectivity index (χ0n) is 8.46. The molecule has 0 aromatic rings. The summed E-state index contributed by atoms with van der Waals surface area (Å²) in [6.07, 6.45) is 2.64. The van der Waals surface area contributed by atoms with Gasteiger partial charge in [0.25, 0.3) is 0 Å². The summed E-state index contributed by atoms with van der Waals surface area (Å²) in [5.74, 6) is 0.853. The number of piperidine rings is 1. The summed E-state index contributed by atoms with van der Waals surface area (Å²) < 4.78 is 5.54. The van der Waals surface area contributed by atoms with E-state index in [0.717, 1.165) is 25.7 Å². The van der Waals surface area contributed by atoms with Crippen LogP contribution in [0.1, 0.15) is 12.8 Å². The van der Waals surface area contributed by atoms with Crippen LogP contribution >= 0.6 is 0 Å². The Morgan fingerprint density at radius 2 is 2.08 bits per heavy atom. The minimum absolute atomic E-state index is 0.677. The highest BCUT2D eigenvalue weighted by atomic mass is 16.5. The number of rotatable bonds is 1. The molecule has 0 amide bonds. The molecule has 2 heterocycles. The van der Waals surface area contributed by atoms with E-state index in [4.69, 9.17) is 4.74 Å². The predicted octanol–water partition coefficient (Wildman–Crippen LogP) is 0.317. The lowest BCUT2D eigenvalue weighted by Gasteiger charge is -2.39. The van der Waals surface area contributed by atoms with Crippen molar-refractivity contribution in [3.63, 3.8) is 0 Å². The largest absolute Gasteiger partial charge is 0.378 e. The van der Waals surface area contributed by atoms with Crippen LogP contribution in [0.3, 0.4) is 0 Å². The molecule has 3 heteroatoms. The van der Waals surface area contributed by atoms with Gasteiger partial charge in [0.1, 0.15) is 0 Å². The fourth-order valence-corrected chi connectivity index (χ4v) is 2.43. The van der Waals surface area contributed by atoms with E-state index in [-0.39, 0.29) is 0 Å². The summed E-state index contributed by atoms with van der Waals surface area (Å²) in [6.45, 7) is 5.34. The van der Waals surface area contributed by atoms with Gasteiger partial charge in [-0.15, -0.1) is 0 Å². The van der Waals surface area contributed by atoms with Crippen molar-refractivity contribution in [1.82, 2.24) is 10.2 Å². The van der Waals surface area contributed by atoms with E-state index in [1.807, 2.05) is 0 Å². The summed E-state index contributed by atoms with van der Waals surface area (Å²) in [5, 5.41) is 3.41. The van der Waals surface area contributed by atoms with Crippen molar-refractivity contribution in [3.05, 3.63) is 0 Å². The maximum Gasteiger partial charge on any atom is 0.0625 e. The molecule has 2 saturated heterocycles. The molecule has 0 aliphatic carbocycles. The van der Waals surface area contributed by atoms with E-state index in [0.29, 0.717) is 6.04 Å². The maximum absolute atomic E-state index is 5.54. The van der Waals surface area contributed by atoms with Crippen LogP contribution < -0.4 is 5.32 Å². The Morgan fingerprint density at radius 3 is 2.77 bits per heavy atom. The molecule has 0 bridgehead atoms. The quantitative estimate of drug-likeness (QED) is 0.635. The Balaban J connectivity index is 1.88. The topological polar surface area (TPSA) is 24.5 Å². The lowest BCUT2D eigenvalue weighted by atomic mass is 9.89. The Labute approximate surface area is 80.4 Å². The number of nitrogens with one attached hydrogen (secondary N) is 1. The second-order valence-corrected chi connectivity index (χ2v) is 4.21. The second kappa shape index (κ2) is 4.40. The van der Waals surface area contributed by atoms with Gasteiger partial charge in [0.05, 0.1) is 13.2 Å². The van der Waals surface area contributed by atoms with Crippen LogP contribution in [0.4, 0.5) is 0 Å². The predicted molar refractivity (Wildman–Crippen MR) is 52.8 cm³/mol. The minimum Gasteiger partial charge on any atom is -0.378 e. The van der Waals surface area contributed by atoms with Crippen molar-refractivity contribution in [2.75, 3.05) is 39.9 Å². The van der Waals surface area contributed by atoms with E-state index in [2.05, 4.69) is 17.3 Å². The van der Waals surface area contributed by atoms with E-state index < -0.39 is 0 Å². The number of morpholine rings is 1. The Hall–Kier alpha value is -0.120. The van der Waals surface area contributed by atoms with Gasteiger partial charge in [-0.1, -0.05) is 0 Å². The monoisotopic (exact) mass is 184 g/mol. The standard InChI is InChI=1S/C10H20N2O/c1-12-6-7-13-8-10(12)9-2-4-11-5-3-9/h9-11H,2-8H2,1H3. The first-order valence-corrected chi connectivity index (χ1v) is 5.36. The van der Waals surface area contributed by atoms with E-state index >= 15 is 0 Å². The van der Waals surface area contributed by atoms with Gasteiger partial charge >= 0.3 is 0 Å². The number of hydrogen-bond donors (Lipinski definition) is 1. The van der Waals surface area contributed by atoms with Gasteiger partial charge < -0.3 is 10.1 Å². The fraction of sp³-hybridized carbons (Fsp3) is 1.00. The summed E-state index contributed by atoms with van der Waals surface area (Å²) in [7, 11) is 2.23. The van der Waals surface area contributed by atoms with Gasteiger partial charge in [-0.05, 0) is 38.9 Å². The van der Waals surface area contributed by atoms with Crippen LogP contribution in [0.2, 0.25) is 0 Å². The first-order valence-electron chi connectivity index (χ1n) is 5.36. The number of likely N-dealkylation sites (N-methyl/N-ethyl adjacent to an activating group) is 1. The molecule has 0 spiro atoms. The van der Waals surface area contributed by atoms with Gasteiger partial charge in [0.2, 0.25) is 0 Å². The molecule has 76 valence electrons. The van der Waals surface area contributed by atoms with Gasteiger partial charge in [-0.2, -0.15) is 0 Å². The molecule has 2 rings (SSSR count). The van der Waals surface area contributed by atoms with Gasteiger partial charge in [0.15, 0.2) is 0 Å². The minimum atomic E-state index is 0.677. The molecule has 0 radical (unpaired) electrons. The van der Waals surface area contributed by atoms with Crippen molar-refractivity contribution in [3.8, 4) is 0 Å². The van der Waals surface area contributed by atoms with Crippen LogP contribution in [-0.2, 0) is 4.74 Å². The average molecular weight is 184 g/mol. The molecular weight excluding hydrogens is 164 g/mol. The molecule has 1 atom stereocenters. The van der Waals surface area contributed by atoms with Crippen LogP contribution in [0.25, 0.3) is 0 Å². The van der Waals surface area contributed by atoms with Crippen molar-refractivity contribution < 1.29 is 4.74 Å². The summed E-state index contributed by atoms with van der Waals surface area (Å²) >= 11 is 0. The van der Waals surface area contributed by atoms with Crippen LogP contribution in [0.15, 0.2) is 0 Å². The van der Waals surface area contributed by atoms with E-state index in [9.17, 15) is 0 Å². The molecule has 0 aromatic carbocycles. The first-order chi connectivity index (χ1) is 6.38. The van der Waals surface area contributed by atoms with Crippen LogP contribution in [-0.4, -0.2) is 50.8 Å². The third-order valence-corrected chi connectivity index (χ3v) is 3.37. The zero-order chi connectivity index (χ0) is 9.10. The highest BCUT2D eigenvalue weighted by molar-refractivity contribution is 4.83. The van der Waals surface area contributed by atoms with E-state index in [1.54, 1.807) is 0 Å². The molecular formula is C10H20N2O. The Kier molecular flexibility index (Phi) is 3.19. The van der Waals surface area contributed by atoms with Gasteiger partial charge in [-0.25, -0.2) is 0 Å². The molecule has 0 aromatic heterocycles. The Bertz CT molecular complexity index is 157. The lowest BCUT2D eigenvalue weighted by molar-refractivity contribution is -0.0224. The Morgan fingerprint density at radius 1 is 1.31 bits per heavy atom. The summed E-state index contributed by atoms with van der Waals surface area (Å²) in [5.41, 5.74) is 0. The summed E-state index contributed by atoms with van der Waals surface area (Å²) in [6, 6.07) is 0.677. The average Bonchev–Trinajstić information content (AvgIpc) is 2.20. The molecule has 3 nitrogen and oxygen atoms in total. The molecule has 0 saturated carbocycles. The molecule has 2 aliphatic rings. The smallest absolute Gasteiger partial charge is 0.0625 e. The summed E-state index contributed by atoms with van der Waals surface area (Å²) in [4.78, 5) is 2.47. The number of nitrogens with zero attached hydrogens (tertiary/aromatic N) is 1. The third-order valence-electron chi connectivity index (χ3n) is 3.37. The highest BCUT2D eigenvalue weighted by Gasteiger charge is 2.28. The SMILES string of the molecule is CN1CCOCC1C1CCNCC1. The van der Waals surface area contributed by atoms with E-state index in [1.165, 1.54) is 25.9 Å². The highest BCUT2D eigenvalue weighted by Crippen LogP contribution is 2.22. The molecule has 13 heavy (non-hydrogen) atoms. The molecule has 1 N–H and O–H groups in total. The fourth-order valence-electron chi connectivity index (χ4n) is 2.43. The van der Waals surface area contributed by atoms with Crippen molar-refractivity contribution >= 4 is 0 Å². The lowest BCUT2D eigenvalue weighted by Crippen LogP contribution is -2.49. The third kappa shape index (κ3) is 2.22. The maximum atomic E-state index is 5.54. The number of ether oxygens (including phenoxy) is 1. The second-order valence-electron chi connectivity index (χ2n) is 4.21. The van der Waals surface area contributed by atoms with Crippen molar-refractivity contribution in [2.45, 2.75) is 18.9 Å². The van der Waals surface area contributed by atoms with Crippen molar-refractivity contribution in [2.24, 2.45) is 5.92 Å². The van der Waals surface area contributed by atoms with Gasteiger partial charge in [-0.3, -0.25) is 4.90 Å². The van der Waals surface area contributed by atoms with Crippen molar-refractivity contribution in [1.29, 1.82) is 0 Å². The van der Waals surface area contributed by atoms with Gasteiger partial charge in [0, 0.05) is 12.6 Å². The molecule has 1 unspecified atom stereocenters. The van der Waals surface area contributed by atoms with Crippen LogP contribution in [0, 0.1) is 5.92 Å².